The van der Waals surface area contributed by atoms with E-state index in [2.05, 4.69) is 88.0 Å². The minimum absolute atomic E-state index is 0.427. The molecule has 3 heterocycles. The molecule has 274 valence electrons. The van der Waals surface area contributed by atoms with Gasteiger partial charge in [0.05, 0.1) is 97.3 Å². The fourth-order valence-electron chi connectivity index (χ4n) is 8.49. The molecule has 10 aromatic rings. The molecule has 0 aliphatic rings. The van der Waals surface area contributed by atoms with Crippen LogP contribution in [0.3, 0.4) is 0 Å². The van der Waals surface area contributed by atoms with Gasteiger partial charge in [-0.2, -0.15) is 26.3 Å². The number of pyridine rings is 1. The van der Waals surface area contributed by atoms with E-state index in [0.717, 1.165) is 82.8 Å². The molecule has 8 nitrogen and oxygen atoms in total. The maximum absolute atomic E-state index is 10.3. The Balaban J connectivity index is 1.20. The molecule has 0 fully saturated rings. The molecule has 0 radical (unpaired) electrons. The van der Waals surface area contributed by atoms with Crippen molar-refractivity contribution in [2.45, 2.75) is 0 Å². The van der Waals surface area contributed by atoms with Crippen LogP contribution in [0.25, 0.3) is 88.5 Å². The first-order chi connectivity index (χ1) is 29.5. The highest BCUT2D eigenvalue weighted by atomic mass is 15.0. The quantitative estimate of drug-likeness (QED) is 0.171. The van der Waals surface area contributed by atoms with Crippen LogP contribution < -0.4 is 0 Å². The second-order valence-corrected chi connectivity index (χ2v) is 14.4. The van der Waals surface area contributed by atoms with Crippen molar-refractivity contribution < 1.29 is 0 Å². The van der Waals surface area contributed by atoms with Crippen molar-refractivity contribution in [1.29, 1.82) is 26.3 Å². The predicted molar refractivity (Wildman–Crippen MR) is 233 cm³/mol. The number of para-hydroxylation sites is 2. The van der Waals surface area contributed by atoms with Crippen molar-refractivity contribution in [3.8, 4) is 75.2 Å². The molecule has 0 atom stereocenters. The molecule has 0 amide bonds. The van der Waals surface area contributed by atoms with Gasteiger partial charge in [-0.3, -0.25) is 4.98 Å². The van der Waals surface area contributed by atoms with Crippen LogP contribution in [-0.4, -0.2) is 14.1 Å². The van der Waals surface area contributed by atoms with Gasteiger partial charge in [-0.15, -0.1) is 0 Å². The van der Waals surface area contributed by atoms with Gasteiger partial charge in [-0.25, -0.2) is 0 Å². The number of nitriles is 5. The summed E-state index contributed by atoms with van der Waals surface area (Å²) in [7, 11) is 0. The van der Waals surface area contributed by atoms with E-state index in [1.165, 1.54) is 0 Å². The number of nitrogens with zero attached hydrogens (tertiary/aromatic N) is 8. The SMILES string of the molecule is N#Cc1ccc(-c2ccc3c(c2)c2ccccc2n3-c2ccc(C#N)cc2-c2ncccc2-n2c3ccccc3c3cc(-c4ccc(C#N)cc4C#N)ccc32)c(C#N)c1. The van der Waals surface area contributed by atoms with E-state index in [4.69, 9.17) is 4.98 Å². The summed E-state index contributed by atoms with van der Waals surface area (Å²) in [5.41, 5.74) is 12.3. The molecular formula is C52H26N8. The number of hydrogen-bond donors (Lipinski definition) is 0. The molecule has 7 aromatic carbocycles. The van der Waals surface area contributed by atoms with Crippen LogP contribution in [0.5, 0.6) is 0 Å². The molecule has 60 heavy (non-hydrogen) atoms. The summed E-state index contributed by atoms with van der Waals surface area (Å²) >= 11 is 0. The van der Waals surface area contributed by atoms with Gasteiger partial charge in [0.2, 0.25) is 0 Å². The molecule has 3 aromatic heterocycles. The second-order valence-electron chi connectivity index (χ2n) is 14.4. The monoisotopic (exact) mass is 762 g/mol. The van der Waals surface area contributed by atoms with E-state index in [0.29, 0.717) is 33.5 Å². The lowest BCUT2D eigenvalue weighted by Crippen LogP contribution is -2.03. The van der Waals surface area contributed by atoms with Crippen molar-refractivity contribution in [1.82, 2.24) is 14.1 Å². The Morgan fingerprint density at radius 1 is 0.367 bits per heavy atom. The van der Waals surface area contributed by atoms with E-state index in [9.17, 15) is 26.3 Å². The Kier molecular flexibility index (Phi) is 8.23. The lowest BCUT2D eigenvalue weighted by atomic mass is 9.97. The molecule has 0 spiro atoms. The Morgan fingerprint density at radius 2 is 0.850 bits per heavy atom. The number of hydrogen-bond acceptors (Lipinski definition) is 6. The summed E-state index contributed by atoms with van der Waals surface area (Å²) in [6.45, 7) is 0. The number of benzene rings is 7. The topological polar surface area (TPSA) is 142 Å². The highest BCUT2D eigenvalue weighted by Crippen LogP contribution is 2.42. The summed E-state index contributed by atoms with van der Waals surface area (Å²) in [6.07, 6.45) is 1.77. The molecule has 10 rings (SSSR count). The van der Waals surface area contributed by atoms with Crippen LogP contribution in [0.2, 0.25) is 0 Å². The Morgan fingerprint density at radius 3 is 1.38 bits per heavy atom. The van der Waals surface area contributed by atoms with Gasteiger partial charge in [-0.1, -0.05) is 60.7 Å². The maximum Gasteiger partial charge on any atom is 0.0998 e. The number of fused-ring (bicyclic) bond motifs is 6. The van der Waals surface area contributed by atoms with E-state index in [1.807, 2.05) is 78.9 Å². The largest absolute Gasteiger partial charge is 0.309 e. The minimum Gasteiger partial charge on any atom is -0.309 e. The van der Waals surface area contributed by atoms with E-state index < -0.39 is 0 Å². The zero-order valence-corrected chi connectivity index (χ0v) is 31.6. The van der Waals surface area contributed by atoms with E-state index >= 15 is 0 Å². The molecule has 0 aliphatic heterocycles. The summed E-state index contributed by atoms with van der Waals surface area (Å²) in [5, 5.41) is 53.2. The van der Waals surface area contributed by atoms with Gasteiger partial charge in [0.25, 0.3) is 0 Å². The van der Waals surface area contributed by atoms with Crippen LogP contribution >= 0.6 is 0 Å². The third-order valence-corrected chi connectivity index (χ3v) is 11.2. The van der Waals surface area contributed by atoms with Gasteiger partial charge in [0.1, 0.15) is 0 Å². The molecule has 0 saturated carbocycles. The Hall–Kier alpha value is -9.26. The van der Waals surface area contributed by atoms with Gasteiger partial charge in [0.15, 0.2) is 0 Å². The zero-order valence-electron chi connectivity index (χ0n) is 31.6. The molecule has 8 heteroatoms. The van der Waals surface area contributed by atoms with Crippen molar-refractivity contribution in [2.75, 3.05) is 0 Å². The van der Waals surface area contributed by atoms with Crippen molar-refractivity contribution >= 4 is 43.6 Å². The van der Waals surface area contributed by atoms with Crippen LogP contribution in [0.15, 0.2) is 158 Å². The summed E-state index contributed by atoms with van der Waals surface area (Å²) in [6, 6.07) is 59.8. The Labute approximate surface area is 343 Å². The molecule has 0 N–H and O–H groups in total. The first-order valence-electron chi connectivity index (χ1n) is 19.0. The van der Waals surface area contributed by atoms with Gasteiger partial charge >= 0.3 is 0 Å². The molecular weight excluding hydrogens is 737 g/mol. The van der Waals surface area contributed by atoms with Gasteiger partial charge in [0, 0.05) is 33.3 Å². The summed E-state index contributed by atoms with van der Waals surface area (Å²) in [5.74, 6) is 0. The molecule has 0 saturated heterocycles. The first kappa shape index (κ1) is 35.2. The second kappa shape index (κ2) is 14.0. The van der Waals surface area contributed by atoms with Crippen LogP contribution in [-0.2, 0) is 0 Å². The van der Waals surface area contributed by atoms with E-state index in [-0.39, 0.29) is 0 Å². The predicted octanol–water partition coefficient (Wildman–Crippen LogP) is 11.6. The van der Waals surface area contributed by atoms with Gasteiger partial charge in [-0.05, 0) is 113 Å². The van der Waals surface area contributed by atoms with Crippen LogP contribution in [0, 0.1) is 56.7 Å². The van der Waals surface area contributed by atoms with Crippen LogP contribution in [0.1, 0.15) is 27.8 Å². The standard InChI is InChI=1S/C52H26N8/c53-27-32-11-16-39(37(22-32)30-56)35-14-19-48-43(25-35)41-6-1-3-8-46(41)59(48)50-18-13-34(29-55)24-45(50)52-51(10-5-21-58-52)60-47-9-4-2-7-42(47)44-26-36(15-20-49(44)60)40-17-12-33(28-54)23-38(40)31-57/h1-26H. The van der Waals surface area contributed by atoms with Crippen molar-refractivity contribution in [3.63, 3.8) is 0 Å². The highest BCUT2D eigenvalue weighted by molar-refractivity contribution is 6.12. The third kappa shape index (κ3) is 5.45. The summed E-state index contributed by atoms with van der Waals surface area (Å²) < 4.78 is 4.40. The first-order valence-corrected chi connectivity index (χ1v) is 19.0. The number of aromatic nitrogens is 3. The average Bonchev–Trinajstić information content (AvgIpc) is 3.82. The minimum atomic E-state index is 0.427. The molecule has 0 unspecified atom stereocenters. The van der Waals surface area contributed by atoms with Crippen molar-refractivity contribution in [2.24, 2.45) is 0 Å². The van der Waals surface area contributed by atoms with Crippen molar-refractivity contribution in [3.05, 3.63) is 186 Å². The third-order valence-electron chi connectivity index (χ3n) is 11.2. The smallest absolute Gasteiger partial charge is 0.0998 e. The number of rotatable bonds is 5. The molecule has 0 bridgehead atoms. The Bertz CT molecular complexity index is 3680. The fraction of sp³-hybridized carbons (Fsp3) is 0. The average molecular weight is 763 g/mol. The highest BCUT2D eigenvalue weighted by Gasteiger charge is 2.22. The van der Waals surface area contributed by atoms with Gasteiger partial charge < -0.3 is 9.13 Å². The normalized spacial score (nSPS) is 10.9. The van der Waals surface area contributed by atoms with Crippen LogP contribution in [0.4, 0.5) is 0 Å². The zero-order chi connectivity index (χ0) is 40.9. The maximum atomic E-state index is 10.3. The lowest BCUT2D eigenvalue weighted by Gasteiger charge is -2.18. The fourth-order valence-corrected chi connectivity index (χ4v) is 8.49. The van der Waals surface area contributed by atoms with E-state index in [1.54, 1.807) is 30.5 Å². The summed E-state index contributed by atoms with van der Waals surface area (Å²) in [4.78, 5) is 5.06. The lowest BCUT2D eigenvalue weighted by molar-refractivity contribution is 1.13. The molecule has 0 aliphatic carbocycles.